The second kappa shape index (κ2) is 7.96. The number of rotatable bonds is 5. The summed E-state index contributed by atoms with van der Waals surface area (Å²) in [6.07, 6.45) is 8.52. The van der Waals surface area contributed by atoms with E-state index >= 15 is 0 Å². The van der Waals surface area contributed by atoms with Gasteiger partial charge in [-0.05, 0) is 38.1 Å². The van der Waals surface area contributed by atoms with Crippen molar-refractivity contribution in [1.29, 1.82) is 0 Å². The molecule has 0 aromatic heterocycles. The zero-order chi connectivity index (χ0) is 16.1. The van der Waals surface area contributed by atoms with Gasteiger partial charge < -0.3 is 9.80 Å². The SMILES string of the molecule is CC(C)C1=CCN(C(=O)CCC(C)C2=CCN(C)CC2)CC1. The maximum atomic E-state index is 12.4. The van der Waals surface area contributed by atoms with Crippen LogP contribution in [0.2, 0.25) is 0 Å². The average molecular weight is 304 g/mol. The zero-order valence-corrected chi connectivity index (χ0v) is 14.8. The Balaban J connectivity index is 1.76. The topological polar surface area (TPSA) is 23.6 Å². The van der Waals surface area contributed by atoms with Gasteiger partial charge in [-0.1, -0.05) is 44.1 Å². The van der Waals surface area contributed by atoms with Gasteiger partial charge in [0, 0.05) is 32.6 Å². The lowest BCUT2D eigenvalue weighted by Gasteiger charge is -2.29. The number of amides is 1. The van der Waals surface area contributed by atoms with Crippen molar-refractivity contribution in [2.45, 2.75) is 46.5 Å². The van der Waals surface area contributed by atoms with E-state index in [1.807, 2.05) is 4.90 Å². The van der Waals surface area contributed by atoms with Gasteiger partial charge in [0.15, 0.2) is 0 Å². The number of carbonyl (C=O) groups excluding carboxylic acids is 1. The first-order valence-electron chi connectivity index (χ1n) is 8.81. The Morgan fingerprint density at radius 1 is 1.09 bits per heavy atom. The molecular formula is C19H32N2O. The Morgan fingerprint density at radius 2 is 1.77 bits per heavy atom. The molecule has 0 fully saturated rings. The number of hydrogen-bond acceptors (Lipinski definition) is 2. The van der Waals surface area contributed by atoms with Gasteiger partial charge >= 0.3 is 0 Å². The summed E-state index contributed by atoms with van der Waals surface area (Å²) in [5.41, 5.74) is 3.06. The quantitative estimate of drug-likeness (QED) is 0.726. The fourth-order valence-corrected chi connectivity index (χ4v) is 3.35. The number of carbonyl (C=O) groups is 1. The highest BCUT2D eigenvalue weighted by atomic mass is 16.2. The van der Waals surface area contributed by atoms with Gasteiger partial charge in [-0.2, -0.15) is 0 Å². The van der Waals surface area contributed by atoms with Crippen molar-refractivity contribution in [2.75, 3.05) is 33.2 Å². The molecule has 0 aliphatic carbocycles. The van der Waals surface area contributed by atoms with Gasteiger partial charge in [0.25, 0.3) is 0 Å². The third kappa shape index (κ3) is 4.70. The molecule has 0 aromatic rings. The van der Waals surface area contributed by atoms with Gasteiger partial charge in [0.2, 0.25) is 5.91 Å². The summed E-state index contributed by atoms with van der Waals surface area (Å²) in [4.78, 5) is 16.8. The second-order valence-electron chi connectivity index (χ2n) is 7.25. The van der Waals surface area contributed by atoms with Crippen molar-refractivity contribution in [1.82, 2.24) is 9.80 Å². The molecule has 0 saturated heterocycles. The molecule has 1 unspecified atom stereocenters. The van der Waals surface area contributed by atoms with E-state index in [9.17, 15) is 4.79 Å². The molecule has 1 atom stereocenters. The van der Waals surface area contributed by atoms with E-state index in [4.69, 9.17) is 0 Å². The first-order chi connectivity index (χ1) is 10.5. The third-order valence-electron chi connectivity index (χ3n) is 5.21. The molecule has 2 heterocycles. The molecule has 2 rings (SSSR count). The first kappa shape index (κ1) is 17.3. The molecule has 0 bridgehead atoms. The normalized spacial score (nSPS) is 21.6. The highest BCUT2D eigenvalue weighted by Crippen LogP contribution is 2.24. The van der Waals surface area contributed by atoms with Crippen LogP contribution >= 0.6 is 0 Å². The molecule has 2 aliphatic rings. The van der Waals surface area contributed by atoms with Crippen LogP contribution < -0.4 is 0 Å². The minimum Gasteiger partial charge on any atom is -0.339 e. The van der Waals surface area contributed by atoms with Crippen molar-refractivity contribution in [2.24, 2.45) is 11.8 Å². The summed E-state index contributed by atoms with van der Waals surface area (Å²) in [6.45, 7) is 10.7. The molecule has 22 heavy (non-hydrogen) atoms. The van der Waals surface area contributed by atoms with Crippen molar-refractivity contribution in [3.63, 3.8) is 0 Å². The highest BCUT2D eigenvalue weighted by molar-refractivity contribution is 5.76. The minimum atomic E-state index is 0.333. The molecular weight excluding hydrogens is 272 g/mol. The smallest absolute Gasteiger partial charge is 0.222 e. The van der Waals surface area contributed by atoms with E-state index in [0.717, 1.165) is 45.4 Å². The van der Waals surface area contributed by atoms with Gasteiger partial charge in [0.05, 0.1) is 0 Å². The lowest BCUT2D eigenvalue weighted by molar-refractivity contribution is -0.131. The number of nitrogens with zero attached hydrogens (tertiary/aromatic N) is 2. The Hall–Kier alpha value is -1.09. The highest BCUT2D eigenvalue weighted by Gasteiger charge is 2.20. The molecule has 3 heteroatoms. The van der Waals surface area contributed by atoms with E-state index in [1.54, 1.807) is 5.57 Å². The Morgan fingerprint density at radius 3 is 2.32 bits per heavy atom. The number of hydrogen-bond donors (Lipinski definition) is 0. The molecule has 0 radical (unpaired) electrons. The van der Waals surface area contributed by atoms with Crippen LogP contribution in [0.3, 0.4) is 0 Å². The van der Waals surface area contributed by atoms with E-state index in [1.165, 1.54) is 5.57 Å². The summed E-state index contributed by atoms with van der Waals surface area (Å²) in [5.74, 6) is 1.50. The minimum absolute atomic E-state index is 0.333. The van der Waals surface area contributed by atoms with E-state index in [0.29, 0.717) is 24.2 Å². The van der Waals surface area contributed by atoms with Gasteiger partial charge in [-0.15, -0.1) is 0 Å². The lowest BCUT2D eigenvalue weighted by Crippen LogP contribution is -2.35. The molecule has 1 amide bonds. The zero-order valence-electron chi connectivity index (χ0n) is 14.8. The van der Waals surface area contributed by atoms with Gasteiger partial charge in [-0.25, -0.2) is 0 Å². The van der Waals surface area contributed by atoms with Gasteiger partial charge in [0.1, 0.15) is 0 Å². The summed E-state index contributed by atoms with van der Waals surface area (Å²) in [7, 11) is 2.16. The van der Waals surface area contributed by atoms with Crippen molar-refractivity contribution in [3.05, 3.63) is 23.3 Å². The van der Waals surface area contributed by atoms with Crippen LogP contribution in [0.4, 0.5) is 0 Å². The summed E-state index contributed by atoms with van der Waals surface area (Å²) >= 11 is 0. The molecule has 3 nitrogen and oxygen atoms in total. The van der Waals surface area contributed by atoms with Crippen LogP contribution in [0.1, 0.15) is 46.5 Å². The molecule has 124 valence electrons. The standard InChI is InChI=1S/C19H32N2O/c1-15(2)17-9-13-21(14-10-17)19(22)6-5-16(3)18-7-11-20(4)12-8-18/h7,9,15-16H,5-6,8,10-14H2,1-4H3. The van der Waals surface area contributed by atoms with E-state index in [2.05, 4.69) is 44.9 Å². The van der Waals surface area contributed by atoms with Crippen LogP contribution in [0.5, 0.6) is 0 Å². The molecule has 2 aliphatic heterocycles. The van der Waals surface area contributed by atoms with Crippen LogP contribution in [0, 0.1) is 11.8 Å². The number of likely N-dealkylation sites (N-methyl/N-ethyl adjacent to an activating group) is 1. The third-order valence-corrected chi connectivity index (χ3v) is 5.21. The largest absolute Gasteiger partial charge is 0.339 e. The summed E-state index contributed by atoms with van der Waals surface area (Å²) < 4.78 is 0. The maximum absolute atomic E-state index is 12.4. The average Bonchev–Trinajstić information content (AvgIpc) is 2.53. The monoisotopic (exact) mass is 304 g/mol. The van der Waals surface area contributed by atoms with Gasteiger partial charge in [-0.3, -0.25) is 4.79 Å². The van der Waals surface area contributed by atoms with Crippen LogP contribution in [-0.2, 0) is 4.79 Å². The van der Waals surface area contributed by atoms with E-state index in [-0.39, 0.29) is 0 Å². The van der Waals surface area contributed by atoms with Crippen LogP contribution in [0.15, 0.2) is 23.3 Å². The van der Waals surface area contributed by atoms with Crippen molar-refractivity contribution < 1.29 is 4.79 Å². The summed E-state index contributed by atoms with van der Waals surface area (Å²) in [6, 6.07) is 0. The maximum Gasteiger partial charge on any atom is 0.222 e. The fourth-order valence-electron chi connectivity index (χ4n) is 3.35. The molecule has 0 aromatic carbocycles. The first-order valence-corrected chi connectivity index (χ1v) is 8.81. The Kier molecular flexibility index (Phi) is 6.25. The predicted molar refractivity (Wildman–Crippen MR) is 92.7 cm³/mol. The van der Waals surface area contributed by atoms with Crippen LogP contribution in [-0.4, -0.2) is 48.9 Å². The van der Waals surface area contributed by atoms with Crippen LogP contribution in [0.25, 0.3) is 0 Å². The van der Waals surface area contributed by atoms with Crippen molar-refractivity contribution in [3.8, 4) is 0 Å². The predicted octanol–water partition coefficient (Wildman–Crippen LogP) is 3.48. The molecule has 0 N–H and O–H groups in total. The Labute approximate surface area is 136 Å². The lowest BCUT2D eigenvalue weighted by atomic mass is 9.91. The van der Waals surface area contributed by atoms with Crippen molar-refractivity contribution >= 4 is 5.91 Å². The molecule has 0 saturated carbocycles. The van der Waals surface area contributed by atoms with E-state index < -0.39 is 0 Å². The second-order valence-corrected chi connectivity index (χ2v) is 7.25. The summed E-state index contributed by atoms with van der Waals surface area (Å²) in [5, 5.41) is 0. The molecule has 0 spiro atoms. The Bertz CT molecular complexity index is 450. The fraction of sp³-hybridized carbons (Fsp3) is 0.737.